The third kappa shape index (κ3) is 1.26. The van der Waals surface area contributed by atoms with E-state index in [9.17, 15) is 0 Å². The van der Waals surface area contributed by atoms with Crippen LogP contribution in [0.15, 0.2) is 11.4 Å². The summed E-state index contributed by atoms with van der Waals surface area (Å²) in [6.45, 7) is 0. The largest absolute Gasteiger partial charge is 0.281 e. The second-order valence-corrected chi connectivity index (χ2v) is 6.55. The van der Waals surface area contributed by atoms with Crippen molar-refractivity contribution >= 4 is 23.6 Å². The van der Waals surface area contributed by atoms with E-state index in [1.807, 2.05) is 24.0 Å². The number of fused-ring (bicyclic) bond motifs is 8. The van der Waals surface area contributed by atoms with Crippen molar-refractivity contribution in [2.24, 2.45) is 5.10 Å². The van der Waals surface area contributed by atoms with Crippen molar-refractivity contribution in [2.75, 3.05) is 4.90 Å². The van der Waals surface area contributed by atoms with Gasteiger partial charge in [0.2, 0.25) is 5.95 Å². The quantitative estimate of drug-likeness (QED) is 0.752. The summed E-state index contributed by atoms with van der Waals surface area (Å²) in [7, 11) is 0. The van der Waals surface area contributed by atoms with Crippen LogP contribution < -0.4 is 10.3 Å². The molecule has 102 valence electrons. The summed E-state index contributed by atoms with van der Waals surface area (Å²) in [5.74, 6) is 0.854. The van der Waals surface area contributed by atoms with Crippen LogP contribution in [0.4, 0.5) is 5.95 Å². The minimum Gasteiger partial charge on any atom is -0.281 e. The van der Waals surface area contributed by atoms with Gasteiger partial charge < -0.3 is 0 Å². The lowest BCUT2D eigenvalue weighted by Gasteiger charge is -2.29. The Kier molecular flexibility index (Phi) is 2.07. The van der Waals surface area contributed by atoms with Gasteiger partial charge in [0.05, 0.1) is 0 Å². The molecular weight excluding hydrogens is 272 g/mol. The Hall–Kier alpha value is -1.89. The van der Waals surface area contributed by atoms with Gasteiger partial charge in [-0.3, -0.25) is 14.9 Å². The number of nitrogens with zero attached hydrogens (tertiary/aromatic N) is 5. The van der Waals surface area contributed by atoms with Crippen molar-refractivity contribution in [3.8, 4) is 5.00 Å². The van der Waals surface area contributed by atoms with E-state index in [-0.39, 0.29) is 6.17 Å². The normalized spacial score (nSPS) is 22.6. The number of hydrazone groups is 1. The molecule has 0 aromatic carbocycles. The number of anilines is 1. The summed E-state index contributed by atoms with van der Waals surface area (Å²) in [5.41, 5.74) is 6.15. The van der Waals surface area contributed by atoms with Gasteiger partial charge in [-0.2, -0.15) is 5.10 Å². The Morgan fingerprint density at radius 2 is 2.20 bits per heavy atom. The lowest BCUT2D eigenvalue weighted by Crippen LogP contribution is -2.34. The molecule has 0 radical (unpaired) electrons. The maximum atomic E-state index is 4.24. The second-order valence-electron chi connectivity index (χ2n) is 5.47. The third-order valence-corrected chi connectivity index (χ3v) is 5.66. The highest BCUT2D eigenvalue weighted by Crippen LogP contribution is 2.45. The van der Waals surface area contributed by atoms with E-state index >= 15 is 0 Å². The molecule has 0 spiro atoms. The molecule has 0 saturated carbocycles. The fourth-order valence-electron chi connectivity index (χ4n) is 3.43. The van der Waals surface area contributed by atoms with Gasteiger partial charge in [0.1, 0.15) is 17.7 Å². The molecule has 0 fully saturated rings. The first-order chi connectivity index (χ1) is 9.93. The van der Waals surface area contributed by atoms with E-state index in [2.05, 4.69) is 30.2 Å². The van der Waals surface area contributed by atoms with Crippen LogP contribution in [0.3, 0.4) is 0 Å². The lowest BCUT2D eigenvalue weighted by molar-refractivity contribution is 0.586. The molecule has 2 aromatic heterocycles. The van der Waals surface area contributed by atoms with E-state index in [1.165, 1.54) is 48.2 Å². The van der Waals surface area contributed by atoms with Crippen LogP contribution in [-0.4, -0.2) is 21.1 Å². The minimum absolute atomic E-state index is 0.0970. The van der Waals surface area contributed by atoms with Crippen LogP contribution in [0, 0.1) is 0 Å². The maximum Gasteiger partial charge on any atom is 0.239 e. The number of aryl methyl sites for hydroxylation is 1. The van der Waals surface area contributed by atoms with Gasteiger partial charge in [-0.05, 0) is 31.2 Å². The number of nitrogens with one attached hydrogen (secondary N) is 1. The summed E-state index contributed by atoms with van der Waals surface area (Å²) in [6.07, 6.45) is 10.1. The lowest BCUT2D eigenvalue weighted by atomic mass is 10.0. The fraction of sp³-hybridized carbons (Fsp3) is 0.462. The van der Waals surface area contributed by atoms with Gasteiger partial charge in [-0.15, -0.1) is 21.5 Å². The van der Waals surface area contributed by atoms with E-state index in [0.29, 0.717) is 0 Å². The first-order valence-electron chi connectivity index (χ1n) is 7.05. The summed E-state index contributed by atoms with van der Waals surface area (Å²) in [4.78, 5) is 3.62. The van der Waals surface area contributed by atoms with E-state index in [4.69, 9.17) is 0 Å². The minimum atomic E-state index is 0.0970. The van der Waals surface area contributed by atoms with Gasteiger partial charge in [0.25, 0.3) is 0 Å². The highest BCUT2D eigenvalue weighted by Gasteiger charge is 2.38. The van der Waals surface area contributed by atoms with Crippen molar-refractivity contribution in [3.63, 3.8) is 0 Å². The van der Waals surface area contributed by atoms with Crippen LogP contribution >= 0.6 is 11.3 Å². The first kappa shape index (κ1) is 10.8. The molecule has 7 heteroatoms. The number of hydrogen-bond acceptors (Lipinski definition) is 6. The van der Waals surface area contributed by atoms with E-state index < -0.39 is 0 Å². The molecule has 4 heterocycles. The zero-order valence-electron chi connectivity index (χ0n) is 10.9. The summed E-state index contributed by atoms with van der Waals surface area (Å²) in [6, 6.07) is 0. The first-order valence-corrected chi connectivity index (χ1v) is 7.87. The second kappa shape index (κ2) is 3.82. The van der Waals surface area contributed by atoms with E-state index in [0.717, 1.165) is 5.95 Å². The van der Waals surface area contributed by atoms with Gasteiger partial charge >= 0.3 is 0 Å². The molecule has 6 nitrogen and oxygen atoms in total. The van der Waals surface area contributed by atoms with Crippen molar-refractivity contribution in [1.29, 1.82) is 0 Å². The van der Waals surface area contributed by atoms with Crippen LogP contribution in [0.25, 0.3) is 5.00 Å². The summed E-state index contributed by atoms with van der Waals surface area (Å²) >= 11 is 1.91. The molecule has 3 aliphatic rings. The van der Waals surface area contributed by atoms with Crippen LogP contribution in [0.2, 0.25) is 0 Å². The fourth-order valence-corrected chi connectivity index (χ4v) is 4.81. The van der Waals surface area contributed by atoms with Crippen LogP contribution in [0.5, 0.6) is 0 Å². The molecule has 2 aromatic rings. The maximum absolute atomic E-state index is 4.24. The zero-order chi connectivity index (χ0) is 13.1. The van der Waals surface area contributed by atoms with Gasteiger partial charge in [0.15, 0.2) is 6.17 Å². The SMILES string of the molecule is C1=NNC2c3c(sc4c3CCCCC4)-n3cnnc3N12. The van der Waals surface area contributed by atoms with Crippen molar-refractivity contribution in [1.82, 2.24) is 20.2 Å². The highest BCUT2D eigenvalue weighted by molar-refractivity contribution is 7.15. The summed E-state index contributed by atoms with van der Waals surface area (Å²) < 4.78 is 2.10. The molecule has 0 saturated heterocycles. The average Bonchev–Trinajstić information content (AvgIpc) is 3.12. The molecule has 0 amide bonds. The van der Waals surface area contributed by atoms with Gasteiger partial charge in [-0.25, -0.2) is 0 Å². The standard InChI is InChI=1S/C13H14N6S/c1-2-4-8-9(5-3-1)20-12-10(8)11-16-14-6-18(11)13-17-15-7-19(12)13/h6-7,11,16H,1-5H2. The number of hydrogen-bond donors (Lipinski definition) is 1. The van der Waals surface area contributed by atoms with Crippen molar-refractivity contribution in [3.05, 3.63) is 22.3 Å². The molecule has 5 rings (SSSR count). The number of aromatic nitrogens is 3. The van der Waals surface area contributed by atoms with Crippen molar-refractivity contribution in [2.45, 2.75) is 38.3 Å². The van der Waals surface area contributed by atoms with E-state index in [1.54, 1.807) is 4.88 Å². The van der Waals surface area contributed by atoms with Crippen LogP contribution in [-0.2, 0) is 12.8 Å². The Bertz CT molecular complexity index is 715. The van der Waals surface area contributed by atoms with Gasteiger partial charge in [0, 0.05) is 10.4 Å². The Labute approximate surface area is 120 Å². The Morgan fingerprint density at radius 1 is 1.25 bits per heavy atom. The number of thiophene rings is 1. The average molecular weight is 286 g/mol. The molecule has 1 unspecified atom stereocenters. The highest BCUT2D eigenvalue weighted by atomic mass is 32.1. The molecule has 2 aliphatic heterocycles. The monoisotopic (exact) mass is 286 g/mol. The molecule has 20 heavy (non-hydrogen) atoms. The molecular formula is C13H14N6S. The van der Waals surface area contributed by atoms with Crippen LogP contribution in [0.1, 0.15) is 41.4 Å². The van der Waals surface area contributed by atoms with Gasteiger partial charge in [-0.1, -0.05) is 6.42 Å². The zero-order valence-corrected chi connectivity index (χ0v) is 11.7. The molecule has 1 aliphatic carbocycles. The topological polar surface area (TPSA) is 58.3 Å². The molecule has 1 atom stereocenters. The predicted molar refractivity (Wildman–Crippen MR) is 77.3 cm³/mol. The third-order valence-electron chi connectivity index (χ3n) is 4.35. The predicted octanol–water partition coefficient (Wildman–Crippen LogP) is 1.96. The molecule has 0 bridgehead atoms. The Morgan fingerprint density at radius 3 is 3.20 bits per heavy atom. The smallest absolute Gasteiger partial charge is 0.239 e. The summed E-state index contributed by atoms with van der Waals surface area (Å²) in [5, 5.41) is 13.8. The van der Waals surface area contributed by atoms with Crippen molar-refractivity contribution < 1.29 is 0 Å². The number of rotatable bonds is 0. The Balaban J connectivity index is 1.78. The molecule has 1 N–H and O–H groups in total.